The van der Waals surface area contributed by atoms with Crippen LogP contribution in [0, 0.1) is 6.26 Å². The monoisotopic (exact) mass is 226 g/mol. The molecule has 0 unspecified atom stereocenters. The second kappa shape index (κ2) is 3.33. The van der Waals surface area contributed by atoms with E-state index in [9.17, 15) is 8.42 Å². The van der Waals surface area contributed by atoms with Gasteiger partial charge in [-0.15, -0.1) is 0 Å². The lowest BCUT2D eigenvalue weighted by Gasteiger charge is -1.99. The van der Waals surface area contributed by atoms with Gasteiger partial charge in [0.25, 0.3) is 0 Å². The summed E-state index contributed by atoms with van der Waals surface area (Å²) in [5, 5.41) is 2.76. The van der Waals surface area contributed by atoms with E-state index in [-0.39, 0.29) is 5.75 Å². The summed E-state index contributed by atoms with van der Waals surface area (Å²) in [6, 6.07) is 5.47. The Kier molecular flexibility index (Phi) is 2.28. The minimum absolute atomic E-state index is 0.0250. The molecule has 73 valence electrons. The zero-order chi connectivity index (χ0) is 10.2. The predicted octanol–water partition coefficient (Wildman–Crippen LogP) is 2.00. The molecule has 1 radical (unpaired) electrons. The zero-order valence-corrected chi connectivity index (χ0v) is 8.94. The highest BCUT2D eigenvalue weighted by Gasteiger charge is 2.08. The molecule has 1 heterocycles. The van der Waals surface area contributed by atoms with Crippen molar-refractivity contribution in [3.8, 4) is 0 Å². The lowest BCUT2D eigenvalue weighted by atomic mass is 10.1. The Balaban J connectivity index is 2.57. The minimum atomic E-state index is -3.22. The lowest BCUT2D eigenvalue weighted by molar-refractivity contribution is 0.604. The molecule has 0 saturated heterocycles. The summed E-state index contributed by atoms with van der Waals surface area (Å²) in [5.41, 5.74) is 1.61. The molecule has 0 saturated carbocycles. The summed E-state index contributed by atoms with van der Waals surface area (Å²) in [4.78, 5) is 0. The van der Waals surface area contributed by atoms with Gasteiger partial charge in [-0.3, -0.25) is 0 Å². The van der Waals surface area contributed by atoms with Crippen LogP contribution in [0.25, 0.3) is 10.9 Å². The molecule has 5 heteroatoms. The highest BCUT2D eigenvalue weighted by atomic mass is 32.2. The largest absolute Gasteiger partial charge is 0.228 e. The van der Waals surface area contributed by atoms with Crippen LogP contribution in [-0.2, 0) is 15.6 Å². The van der Waals surface area contributed by atoms with Gasteiger partial charge in [0.2, 0.25) is 0 Å². The van der Waals surface area contributed by atoms with Crippen molar-refractivity contribution in [2.45, 2.75) is 5.75 Å². The highest BCUT2D eigenvalue weighted by molar-refractivity contribution is 7.91. The minimum Gasteiger partial charge on any atom is -0.228 e. The molecular weight excluding hydrogens is 218 g/mol. The van der Waals surface area contributed by atoms with E-state index < -0.39 is 9.84 Å². The van der Waals surface area contributed by atoms with Crippen LogP contribution in [0.2, 0.25) is 0 Å². The van der Waals surface area contributed by atoms with E-state index in [0.29, 0.717) is 0 Å². The summed E-state index contributed by atoms with van der Waals surface area (Å²) in [7, 11) is -3.22. The molecule has 0 aliphatic rings. The van der Waals surface area contributed by atoms with Crippen LogP contribution in [0.15, 0.2) is 23.6 Å². The molecule has 0 spiro atoms. The smallest absolute Gasteiger partial charge is 0.155 e. The molecule has 2 rings (SSSR count). The molecule has 1 aromatic heterocycles. The Labute approximate surface area is 86.5 Å². The van der Waals surface area contributed by atoms with Crippen LogP contribution in [-0.4, -0.2) is 12.8 Å². The Morgan fingerprint density at radius 2 is 2.21 bits per heavy atom. The van der Waals surface area contributed by atoms with Crippen molar-refractivity contribution in [3.05, 3.63) is 35.4 Å². The molecule has 0 N–H and O–H groups in total. The van der Waals surface area contributed by atoms with Crippen molar-refractivity contribution in [2.75, 3.05) is 0 Å². The fourth-order valence-corrected chi connectivity index (χ4v) is 2.74. The number of hydrogen-bond donors (Lipinski definition) is 0. The van der Waals surface area contributed by atoms with Crippen LogP contribution in [0.4, 0.5) is 0 Å². The van der Waals surface area contributed by atoms with Gasteiger partial charge in [-0.05, 0) is 23.2 Å². The van der Waals surface area contributed by atoms with Gasteiger partial charge in [0.05, 0.1) is 17.5 Å². The third-order valence-corrected chi connectivity index (χ3v) is 3.26. The normalized spacial score (nSPS) is 12.1. The maximum Gasteiger partial charge on any atom is 0.155 e. The van der Waals surface area contributed by atoms with E-state index >= 15 is 0 Å². The van der Waals surface area contributed by atoms with Gasteiger partial charge < -0.3 is 0 Å². The molecule has 0 fully saturated rings. The number of hydrogen-bond acceptors (Lipinski definition) is 4. The van der Waals surface area contributed by atoms with Gasteiger partial charge in [0.1, 0.15) is 0 Å². The van der Waals surface area contributed by atoms with Crippen LogP contribution in [0.1, 0.15) is 5.56 Å². The fourth-order valence-electron chi connectivity index (χ4n) is 1.31. The van der Waals surface area contributed by atoms with E-state index in [1.165, 1.54) is 11.5 Å². The number of sulfone groups is 1. The first-order chi connectivity index (χ1) is 6.56. The Bertz CT molecular complexity index is 557. The van der Waals surface area contributed by atoms with Crippen molar-refractivity contribution >= 4 is 32.3 Å². The summed E-state index contributed by atoms with van der Waals surface area (Å²) in [6.45, 7) is 0. The third-order valence-electron chi connectivity index (χ3n) is 1.87. The lowest BCUT2D eigenvalue weighted by Crippen LogP contribution is -1.98. The first-order valence-corrected chi connectivity index (χ1v) is 6.60. The summed E-state index contributed by atoms with van der Waals surface area (Å²) in [5.74, 6) is -0.0250. The van der Waals surface area contributed by atoms with Crippen molar-refractivity contribution in [3.63, 3.8) is 0 Å². The third kappa shape index (κ3) is 1.93. The zero-order valence-electron chi connectivity index (χ0n) is 7.30. The van der Waals surface area contributed by atoms with Gasteiger partial charge in [-0.1, -0.05) is 12.1 Å². The number of benzene rings is 1. The molecule has 0 aliphatic heterocycles. The van der Waals surface area contributed by atoms with Crippen molar-refractivity contribution in [1.82, 2.24) is 4.37 Å². The van der Waals surface area contributed by atoms with Gasteiger partial charge in [-0.25, -0.2) is 8.42 Å². The van der Waals surface area contributed by atoms with Gasteiger partial charge in [0.15, 0.2) is 9.84 Å². The molecule has 14 heavy (non-hydrogen) atoms. The van der Waals surface area contributed by atoms with Crippen LogP contribution in [0.3, 0.4) is 0 Å². The van der Waals surface area contributed by atoms with Crippen LogP contribution < -0.4 is 0 Å². The van der Waals surface area contributed by atoms with Crippen molar-refractivity contribution < 1.29 is 8.42 Å². The Morgan fingerprint density at radius 3 is 2.93 bits per heavy atom. The van der Waals surface area contributed by atoms with E-state index in [2.05, 4.69) is 10.6 Å². The molecule has 0 bridgehead atoms. The maximum atomic E-state index is 11.0. The Hall–Kier alpha value is -0.940. The van der Waals surface area contributed by atoms with E-state index in [0.717, 1.165) is 16.5 Å². The second-order valence-electron chi connectivity index (χ2n) is 3.05. The SMILES string of the molecule is [CH2]S(=O)(=O)Cc1cccc2nscc12. The van der Waals surface area contributed by atoms with E-state index in [4.69, 9.17) is 0 Å². The average Bonchev–Trinajstić information content (AvgIpc) is 2.49. The highest BCUT2D eigenvalue weighted by Crippen LogP contribution is 2.21. The number of aromatic nitrogens is 1. The number of nitrogens with zero attached hydrogens (tertiary/aromatic N) is 1. The fraction of sp³-hybridized carbons (Fsp3) is 0.111. The molecular formula is C9H8NO2S2. The van der Waals surface area contributed by atoms with Crippen LogP contribution >= 0.6 is 11.5 Å². The summed E-state index contributed by atoms with van der Waals surface area (Å²) >= 11 is 1.33. The van der Waals surface area contributed by atoms with E-state index in [1.807, 2.05) is 17.5 Å². The van der Waals surface area contributed by atoms with E-state index in [1.54, 1.807) is 6.07 Å². The quantitative estimate of drug-likeness (QED) is 0.787. The standard InChI is InChI=1S/C9H8NO2S2/c1-14(11,12)6-7-3-2-4-9-8(7)5-13-10-9/h2-5H,1,6H2. The maximum absolute atomic E-state index is 11.0. The second-order valence-corrected chi connectivity index (χ2v) is 5.46. The molecule has 0 aliphatic carbocycles. The summed E-state index contributed by atoms with van der Waals surface area (Å²) in [6.07, 6.45) is 3.11. The van der Waals surface area contributed by atoms with Gasteiger partial charge >= 0.3 is 0 Å². The molecule has 3 nitrogen and oxygen atoms in total. The summed E-state index contributed by atoms with van der Waals surface area (Å²) < 4.78 is 26.2. The predicted molar refractivity (Wildman–Crippen MR) is 57.6 cm³/mol. The topological polar surface area (TPSA) is 47.0 Å². The average molecular weight is 226 g/mol. The first kappa shape index (κ1) is 9.61. The molecule has 0 amide bonds. The molecule has 2 aromatic rings. The van der Waals surface area contributed by atoms with Gasteiger partial charge in [-0.2, -0.15) is 4.37 Å². The van der Waals surface area contributed by atoms with Crippen molar-refractivity contribution in [1.29, 1.82) is 0 Å². The number of rotatable bonds is 2. The van der Waals surface area contributed by atoms with Gasteiger partial charge in [0, 0.05) is 10.8 Å². The molecule has 1 aromatic carbocycles. The first-order valence-electron chi connectivity index (χ1n) is 3.94. The van der Waals surface area contributed by atoms with Crippen molar-refractivity contribution in [2.24, 2.45) is 0 Å². The molecule has 0 atom stereocenters. The Morgan fingerprint density at radius 1 is 1.43 bits per heavy atom. The van der Waals surface area contributed by atoms with Crippen LogP contribution in [0.5, 0.6) is 0 Å². The number of fused-ring (bicyclic) bond motifs is 1.